The van der Waals surface area contributed by atoms with Crippen molar-refractivity contribution in [3.8, 4) is 0 Å². The second-order valence-corrected chi connectivity index (χ2v) is 7.24. The van der Waals surface area contributed by atoms with E-state index < -0.39 is 0 Å². The van der Waals surface area contributed by atoms with E-state index in [4.69, 9.17) is 11.6 Å². The van der Waals surface area contributed by atoms with Gasteiger partial charge in [0, 0.05) is 41.2 Å². The lowest BCUT2D eigenvalue weighted by Crippen LogP contribution is -2.59. The van der Waals surface area contributed by atoms with E-state index >= 15 is 0 Å². The Morgan fingerprint density at radius 2 is 2.14 bits per heavy atom. The Hall–Kier alpha value is -0.130. The largest absolute Gasteiger partial charge is 0.312 e. The lowest BCUT2D eigenvalue weighted by Gasteiger charge is -2.42. The molecule has 0 aliphatic carbocycles. The Balaban J connectivity index is 2.14. The average Bonchev–Trinajstić information content (AvgIpc) is 2.44. The first-order valence-corrected chi connectivity index (χ1v) is 8.74. The molecule has 3 nitrogen and oxygen atoms in total. The van der Waals surface area contributed by atoms with Gasteiger partial charge in [-0.15, -0.1) is 0 Å². The van der Waals surface area contributed by atoms with Crippen LogP contribution in [0, 0.1) is 0 Å². The maximum absolute atomic E-state index is 6.40. The van der Waals surface area contributed by atoms with Gasteiger partial charge < -0.3 is 10.2 Å². The smallest absolute Gasteiger partial charge is 0.0449 e. The van der Waals surface area contributed by atoms with Crippen LogP contribution in [-0.4, -0.2) is 62.2 Å². The normalized spacial score (nSPS) is 22.4. The van der Waals surface area contributed by atoms with Gasteiger partial charge in [-0.25, -0.2) is 0 Å². The maximum atomic E-state index is 6.40. The molecule has 1 aromatic carbocycles. The topological polar surface area (TPSA) is 18.5 Å². The minimum absolute atomic E-state index is 0.418. The van der Waals surface area contributed by atoms with Gasteiger partial charge in [-0.2, -0.15) is 0 Å². The quantitative estimate of drug-likeness (QED) is 0.855. The zero-order valence-electron chi connectivity index (χ0n) is 13.1. The predicted molar refractivity (Wildman–Crippen MR) is 94.2 cm³/mol. The third-order valence-corrected chi connectivity index (χ3v) is 5.13. The first-order valence-electron chi connectivity index (χ1n) is 7.57. The van der Waals surface area contributed by atoms with Crippen molar-refractivity contribution in [3.05, 3.63) is 33.3 Å². The maximum Gasteiger partial charge on any atom is 0.0449 e. The van der Waals surface area contributed by atoms with Crippen LogP contribution in [0.4, 0.5) is 0 Å². The van der Waals surface area contributed by atoms with Gasteiger partial charge >= 0.3 is 0 Å². The van der Waals surface area contributed by atoms with Gasteiger partial charge in [-0.3, -0.25) is 4.90 Å². The van der Waals surface area contributed by atoms with Crippen LogP contribution >= 0.6 is 27.5 Å². The summed E-state index contributed by atoms with van der Waals surface area (Å²) in [4.78, 5) is 4.89. The molecule has 5 heteroatoms. The number of nitrogens with one attached hydrogen (secondary N) is 1. The van der Waals surface area contributed by atoms with Gasteiger partial charge in [0.25, 0.3) is 0 Å². The van der Waals surface area contributed by atoms with E-state index in [0.29, 0.717) is 12.1 Å². The summed E-state index contributed by atoms with van der Waals surface area (Å²) in [6, 6.07) is 7.12. The molecule has 0 spiro atoms. The van der Waals surface area contributed by atoms with Gasteiger partial charge in [-0.05, 0) is 44.8 Å². The van der Waals surface area contributed by atoms with E-state index in [-0.39, 0.29) is 0 Å². The summed E-state index contributed by atoms with van der Waals surface area (Å²) < 4.78 is 1.03. The first-order chi connectivity index (χ1) is 10.0. The molecule has 0 aromatic heterocycles. The zero-order chi connectivity index (χ0) is 15.4. The lowest BCUT2D eigenvalue weighted by atomic mass is 9.96. The zero-order valence-corrected chi connectivity index (χ0v) is 15.4. The van der Waals surface area contributed by atoms with E-state index in [2.05, 4.69) is 64.2 Å². The molecule has 0 saturated carbocycles. The number of benzene rings is 1. The summed E-state index contributed by atoms with van der Waals surface area (Å²) in [5.74, 6) is 0. The van der Waals surface area contributed by atoms with Crippen molar-refractivity contribution >= 4 is 27.5 Å². The van der Waals surface area contributed by atoms with E-state index in [1.807, 2.05) is 6.07 Å². The molecular formula is C16H25BrClN3. The van der Waals surface area contributed by atoms with Crippen LogP contribution in [0.15, 0.2) is 22.7 Å². The molecule has 2 unspecified atom stereocenters. The standard InChI is InChI=1S/C16H25BrClN3/c1-4-19-15(16-11-20(2)7-8-21(16)3)9-12-5-6-13(17)10-14(12)18/h5-6,10,15-16,19H,4,7-9,11H2,1-3H3. The van der Waals surface area contributed by atoms with Gasteiger partial charge in [0.05, 0.1) is 0 Å². The molecule has 1 heterocycles. The highest BCUT2D eigenvalue weighted by Crippen LogP contribution is 2.24. The predicted octanol–water partition coefficient (Wildman–Crippen LogP) is 2.87. The van der Waals surface area contributed by atoms with Gasteiger partial charge in [0.15, 0.2) is 0 Å². The molecule has 0 bridgehead atoms. The van der Waals surface area contributed by atoms with Crippen molar-refractivity contribution in [1.82, 2.24) is 15.1 Å². The second-order valence-electron chi connectivity index (χ2n) is 5.91. The molecule has 1 saturated heterocycles. The minimum Gasteiger partial charge on any atom is -0.312 e. The number of piperazine rings is 1. The molecule has 21 heavy (non-hydrogen) atoms. The molecule has 1 aliphatic rings. The number of nitrogens with zero attached hydrogens (tertiary/aromatic N) is 2. The fraction of sp³-hybridized carbons (Fsp3) is 0.625. The molecule has 2 atom stereocenters. The van der Waals surface area contributed by atoms with Crippen molar-refractivity contribution in [2.45, 2.75) is 25.4 Å². The van der Waals surface area contributed by atoms with Crippen molar-refractivity contribution in [3.63, 3.8) is 0 Å². The van der Waals surface area contributed by atoms with Crippen LogP contribution in [0.1, 0.15) is 12.5 Å². The van der Waals surface area contributed by atoms with Crippen LogP contribution in [0.3, 0.4) is 0 Å². The van der Waals surface area contributed by atoms with Crippen molar-refractivity contribution in [1.29, 1.82) is 0 Å². The third-order valence-electron chi connectivity index (χ3n) is 4.29. The Bertz CT molecular complexity index is 469. The summed E-state index contributed by atoms with van der Waals surface area (Å²) in [6.07, 6.45) is 0.961. The first kappa shape index (κ1) is 17.2. The van der Waals surface area contributed by atoms with Crippen molar-refractivity contribution in [2.24, 2.45) is 0 Å². The summed E-state index contributed by atoms with van der Waals surface area (Å²) >= 11 is 9.87. The van der Waals surface area contributed by atoms with Crippen LogP contribution in [0.25, 0.3) is 0 Å². The Morgan fingerprint density at radius 1 is 1.38 bits per heavy atom. The molecular weight excluding hydrogens is 350 g/mol. The summed E-state index contributed by atoms with van der Waals surface area (Å²) in [6.45, 7) is 6.51. The second kappa shape index (κ2) is 7.93. The molecule has 1 aliphatic heterocycles. The fourth-order valence-electron chi connectivity index (χ4n) is 3.01. The molecule has 1 aromatic rings. The molecule has 0 radical (unpaired) electrons. The van der Waals surface area contributed by atoms with Gasteiger partial charge in [0.1, 0.15) is 0 Å². The summed E-state index contributed by atoms with van der Waals surface area (Å²) in [5, 5.41) is 4.50. The lowest BCUT2D eigenvalue weighted by molar-refractivity contribution is 0.0881. The highest BCUT2D eigenvalue weighted by Gasteiger charge is 2.29. The number of rotatable bonds is 5. The average molecular weight is 375 g/mol. The molecule has 1 N–H and O–H groups in total. The summed E-state index contributed by atoms with van der Waals surface area (Å²) in [5.41, 5.74) is 1.22. The fourth-order valence-corrected chi connectivity index (χ4v) is 3.76. The Labute approximate surface area is 141 Å². The van der Waals surface area contributed by atoms with E-state index in [1.165, 1.54) is 5.56 Å². The van der Waals surface area contributed by atoms with Crippen LogP contribution in [0.2, 0.25) is 5.02 Å². The third kappa shape index (κ3) is 4.67. The number of hydrogen-bond donors (Lipinski definition) is 1. The molecule has 2 rings (SSSR count). The van der Waals surface area contributed by atoms with E-state index in [9.17, 15) is 0 Å². The van der Waals surface area contributed by atoms with Gasteiger partial charge in [-0.1, -0.05) is 40.5 Å². The van der Waals surface area contributed by atoms with Crippen LogP contribution in [-0.2, 0) is 6.42 Å². The SMILES string of the molecule is CCNC(Cc1ccc(Br)cc1Cl)C1CN(C)CCN1C. The highest BCUT2D eigenvalue weighted by molar-refractivity contribution is 9.10. The molecule has 0 amide bonds. The highest BCUT2D eigenvalue weighted by atomic mass is 79.9. The van der Waals surface area contributed by atoms with E-state index in [0.717, 1.165) is 42.1 Å². The minimum atomic E-state index is 0.418. The Morgan fingerprint density at radius 3 is 2.81 bits per heavy atom. The molecule has 118 valence electrons. The number of halogens is 2. The summed E-state index contributed by atoms with van der Waals surface area (Å²) in [7, 11) is 4.43. The van der Waals surface area contributed by atoms with E-state index in [1.54, 1.807) is 0 Å². The number of likely N-dealkylation sites (N-methyl/N-ethyl adjacent to an activating group) is 3. The van der Waals surface area contributed by atoms with Crippen LogP contribution in [0.5, 0.6) is 0 Å². The van der Waals surface area contributed by atoms with Gasteiger partial charge in [0.2, 0.25) is 0 Å². The number of hydrogen-bond acceptors (Lipinski definition) is 3. The monoisotopic (exact) mass is 373 g/mol. The van der Waals surface area contributed by atoms with Crippen molar-refractivity contribution < 1.29 is 0 Å². The van der Waals surface area contributed by atoms with Crippen LogP contribution < -0.4 is 5.32 Å². The van der Waals surface area contributed by atoms with Crippen molar-refractivity contribution in [2.75, 3.05) is 40.3 Å². The molecule has 1 fully saturated rings. The Kier molecular flexibility index (Phi) is 6.51.